The molecule has 0 saturated carbocycles. The first kappa shape index (κ1) is 69.1. The summed E-state index contributed by atoms with van der Waals surface area (Å²) >= 11 is 0. The van der Waals surface area contributed by atoms with Gasteiger partial charge in [0, 0.05) is 25.7 Å². The Kier molecular flexibility index (Phi) is 29.8. The van der Waals surface area contributed by atoms with Gasteiger partial charge in [-0.3, -0.25) is 57.5 Å². The lowest BCUT2D eigenvalue weighted by Crippen LogP contribution is -2.61. The van der Waals surface area contributed by atoms with Gasteiger partial charge in [0.05, 0.1) is 12.1 Å². The van der Waals surface area contributed by atoms with E-state index in [9.17, 15) is 87.9 Å². The van der Waals surface area contributed by atoms with Crippen LogP contribution in [0.25, 0.3) is 0 Å². The Labute approximate surface area is 456 Å². The number of hydrogen-bond donors (Lipinski definition) is 16. The number of carbonyl (C=O) groups is 13. The molecular formula is C50H79N11O18. The number of aliphatic hydroxyl groups excluding tert-OH is 1. The van der Waals surface area contributed by atoms with E-state index in [-0.39, 0.29) is 36.8 Å². The highest BCUT2D eigenvalue weighted by Gasteiger charge is 2.37. The van der Waals surface area contributed by atoms with E-state index < -0.39 is 195 Å². The van der Waals surface area contributed by atoms with Crippen LogP contribution in [-0.2, 0) is 68.7 Å². The molecule has 0 spiro atoms. The van der Waals surface area contributed by atoms with Crippen LogP contribution < -0.4 is 59.7 Å². The number of rotatable bonds is 37. The van der Waals surface area contributed by atoms with Crippen LogP contribution in [0.15, 0.2) is 24.3 Å². The summed E-state index contributed by atoms with van der Waals surface area (Å²) in [5.41, 5.74) is 17.3. The Morgan fingerprint density at radius 2 is 0.759 bits per heavy atom. The van der Waals surface area contributed by atoms with E-state index in [0.717, 1.165) is 6.92 Å². The van der Waals surface area contributed by atoms with Crippen molar-refractivity contribution in [3.8, 4) is 5.75 Å². The van der Waals surface area contributed by atoms with Crippen LogP contribution in [0.5, 0.6) is 5.75 Å². The number of carbonyl (C=O) groups excluding carboxylic acids is 10. The number of carboxylic acid groups (broad SMARTS) is 3. The highest BCUT2D eigenvalue weighted by Crippen LogP contribution is 2.15. The molecule has 19 N–H and O–H groups in total. The third-order valence-corrected chi connectivity index (χ3v) is 11.9. The summed E-state index contributed by atoms with van der Waals surface area (Å²) in [5, 5.41) is 67.1. The summed E-state index contributed by atoms with van der Waals surface area (Å²) in [6.45, 7) is 11.0. The minimum absolute atomic E-state index is 0.00429. The highest BCUT2D eigenvalue weighted by atomic mass is 16.4. The van der Waals surface area contributed by atoms with Gasteiger partial charge < -0.3 is 85.3 Å². The maximum absolute atomic E-state index is 14.1. The molecule has 79 heavy (non-hydrogen) atoms. The summed E-state index contributed by atoms with van der Waals surface area (Å²) < 4.78 is 0. The van der Waals surface area contributed by atoms with Crippen LogP contribution in [0.3, 0.4) is 0 Å². The molecule has 1 rings (SSSR count). The van der Waals surface area contributed by atoms with E-state index in [4.69, 9.17) is 17.2 Å². The molecule has 442 valence electrons. The van der Waals surface area contributed by atoms with Gasteiger partial charge in [-0.15, -0.1) is 0 Å². The highest BCUT2D eigenvalue weighted by molar-refractivity contribution is 5.98. The third-order valence-electron chi connectivity index (χ3n) is 11.9. The molecular weight excluding hydrogens is 1040 g/mol. The Balaban J connectivity index is 3.51. The summed E-state index contributed by atoms with van der Waals surface area (Å²) in [7, 11) is 0. The lowest BCUT2D eigenvalue weighted by Gasteiger charge is -2.29. The minimum atomic E-state index is -1.88. The molecule has 0 radical (unpaired) electrons. The number of nitrogens with one attached hydrogen (secondary N) is 8. The third kappa shape index (κ3) is 26.8. The number of benzene rings is 1. The van der Waals surface area contributed by atoms with Crippen LogP contribution >= 0.6 is 0 Å². The lowest BCUT2D eigenvalue weighted by molar-refractivity contribution is -0.145. The Hall–Kier alpha value is -7.95. The van der Waals surface area contributed by atoms with Gasteiger partial charge in [-0.25, -0.2) is 4.79 Å². The van der Waals surface area contributed by atoms with Crippen LogP contribution in [-0.4, -0.2) is 163 Å². The number of nitrogens with two attached hydrogens (primary N) is 3. The van der Waals surface area contributed by atoms with E-state index in [1.54, 1.807) is 39.8 Å². The van der Waals surface area contributed by atoms with Gasteiger partial charge >= 0.3 is 17.9 Å². The van der Waals surface area contributed by atoms with E-state index in [1.165, 1.54) is 26.0 Å². The molecule has 1 aromatic carbocycles. The quantitative estimate of drug-likeness (QED) is 0.0309. The Bertz CT molecular complexity index is 2310. The van der Waals surface area contributed by atoms with E-state index in [1.807, 2.05) is 5.32 Å². The number of aliphatic carboxylic acids is 3. The fraction of sp³-hybridized carbons (Fsp3) is 0.620. The fourth-order valence-electron chi connectivity index (χ4n) is 7.63. The number of aliphatic hydroxyl groups is 1. The molecule has 0 fully saturated rings. The zero-order valence-electron chi connectivity index (χ0n) is 45.4. The topological polar surface area (TPSA) is 497 Å². The average Bonchev–Trinajstić information content (AvgIpc) is 3.33. The van der Waals surface area contributed by atoms with Crippen LogP contribution in [0.1, 0.15) is 118 Å². The van der Waals surface area contributed by atoms with Crippen LogP contribution in [0.2, 0.25) is 0 Å². The maximum atomic E-state index is 14.1. The predicted octanol–water partition coefficient (Wildman–Crippen LogP) is -3.39. The number of primary amides is 2. The maximum Gasteiger partial charge on any atom is 0.328 e. The summed E-state index contributed by atoms with van der Waals surface area (Å²) in [5.74, 6) is -15.9. The second-order valence-electron chi connectivity index (χ2n) is 20.3. The second kappa shape index (κ2) is 34.0. The molecule has 0 heterocycles. The lowest BCUT2D eigenvalue weighted by atomic mass is 9.98. The summed E-state index contributed by atoms with van der Waals surface area (Å²) in [6, 6.07) is -8.20. The van der Waals surface area contributed by atoms with Crippen molar-refractivity contribution in [2.24, 2.45) is 35.0 Å². The zero-order chi connectivity index (χ0) is 60.4. The van der Waals surface area contributed by atoms with Crippen molar-refractivity contribution in [3.05, 3.63) is 29.8 Å². The molecule has 0 saturated heterocycles. The molecule has 29 nitrogen and oxygen atoms in total. The molecule has 0 bridgehead atoms. The first-order valence-electron chi connectivity index (χ1n) is 25.6. The minimum Gasteiger partial charge on any atom is -0.508 e. The van der Waals surface area contributed by atoms with E-state index >= 15 is 0 Å². The van der Waals surface area contributed by atoms with Gasteiger partial charge in [0.1, 0.15) is 48.0 Å². The zero-order valence-corrected chi connectivity index (χ0v) is 45.4. The summed E-state index contributed by atoms with van der Waals surface area (Å²) in [6.07, 6.45) is -6.31. The van der Waals surface area contributed by atoms with Crippen molar-refractivity contribution in [1.29, 1.82) is 0 Å². The van der Waals surface area contributed by atoms with Crippen molar-refractivity contribution < 1.29 is 87.9 Å². The number of phenolic OH excluding ortho intramolecular Hbond substituents is 1. The molecule has 0 aliphatic heterocycles. The van der Waals surface area contributed by atoms with Gasteiger partial charge in [0.2, 0.25) is 59.1 Å². The monoisotopic (exact) mass is 1120 g/mol. The normalized spacial score (nSPS) is 15.0. The van der Waals surface area contributed by atoms with Crippen molar-refractivity contribution in [2.75, 3.05) is 0 Å². The van der Waals surface area contributed by atoms with Crippen molar-refractivity contribution in [2.45, 2.75) is 180 Å². The standard InChI is InChI=1S/C50H79N11O18/c1-23(2)20-34(58-42(70)29(51)22-27-8-10-28(63)11-9-27)47(75)57-33(15-19-39(68)69)45(73)60-40(25(5)6)49(77)59-35(21-24(3)4)48(76)56-32(14-18-38(66)67)44(72)54-30(12-16-36(52)64)43(71)55-31(13-17-37(53)65)46(74)61-41(26(7)62)50(78)79/h8-11,23-26,29-35,40-41,62-63H,12-22,51H2,1-7H3,(H2,52,64)(H2,53,65)(H,54,72)(H,55,71)(H,56,76)(H,57,75)(H,58,70)(H,59,77)(H,60,73)(H,61,74)(H,66,67)(H,68,69)(H,78,79)/t26-,29+,30+,31+,32+,33+,34+,35+,40+,41+/m1/s1. The molecule has 10 atom stereocenters. The summed E-state index contributed by atoms with van der Waals surface area (Å²) in [4.78, 5) is 169. The van der Waals surface area contributed by atoms with Gasteiger partial charge in [-0.1, -0.05) is 53.7 Å². The molecule has 10 amide bonds. The number of carboxylic acids is 3. The molecule has 0 aromatic heterocycles. The van der Waals surface area contributed by atoms with Crippen molar-refractivity contribution in [3.63, 3.8) is 0 Å². The van der Waals surface area contributed by atoms with Gasteiger partial charge in [0.15, 0.2) is 6.04 Å². The van der Waals surface area contributed by atoms with Crippen molar-refractivity contribution >= 4 is 77.0 Å². The second-order valence-corrected chi connectivity index (χ2v) is 20.3. The fourth-order valence-corrected chi connectivity index (χ4v) is 7.63. The van der Waals surface area contributed by atoms with Gasteiger partial charge in [-0.05, 0) is 87.3 Å². The number of amides is 10. The van der Waals surface area contributed by atoms with E-state index in [2.05, 4.69) is 37.2 Å². The number of aromatic hydroxyl groups is 1. The Morgan fingerprint density at radius 3 is 1.08 bits per heavy atom. The SMILES string of the molecule is CC(C)C[C@H](NC(=O)[C@@H](NC(=O)[C@H](CCC(=O)O)NC(=O)[C@H](CC(C)C)NC(=O)[C@@H](N)Cc1ccc(O)cc1)C(C)C)C(=O)N[C@@H](CCC(=O)O)C(=O)N[C@@H](CCC(N)=O)C(=O)N[C@@H](CCC(N)=O)C(=O)N[C@H](C(=O)O)[C@@H](C)O. The number of phenols is 1. The Morgan fingerprint density at radius 1 is 0.443 bits per heavy atom. The first-order chi connectivity index (χ1) is 36.7. The smallest absolute Gasteiger partial charge is 0.328 e. The van der Waals surface area contributed by atoms with Crippen LogP contribution in [0.4, 0.5) is 0 Å². The average molecular weight is 1120 g/mol. The molecule has 0 unspecified atom stereocenters. The van der Waals surface area contributed by atoms with E-state index in [0.29, 0.717) is 5.56 Å². The van der Waals surface area contributed by atoms with Gasteiger partial charge in [0.25, 0.3) is 0 Å². The van der Waals surface area contributed by atoms with Crippen molar-refractivity contribution in [1.82, 2.24) is 42.5 Å². The molecule has 29 heteroatoms. The van der Waals surface area contributed by atoms with Gasteiger partial charge in [-0.2, -0.15) is 0 Å². The molecule has 1 aromatic rings. The predicted molar refractivity (Wildman–Crippen MR) is 279 cm³/mol. The number of hydrogen-bond acceptors (Lipinski definition) is 16. The largest absolute Gasteiger partial charge is 0.508 e. The van der Waals surface area contributed by atoms with Crippen LogP contribution in [0, 0.1) is 17.8 Å². The first-order valence-corrected chi connectivity index (χ1v) is 25.6. The molecule has 0 aliphatic rings. The molecule has 0 aliphatic carbocycles.